The molecule has 1 aromatic heterocycles. The molecule has 2 aliphatic rings. The van der Waals surface area contributed by atoms with E-state index in [1.165, 1.54) is 38.8 Å². The Morgan fingerprint density at radius 3 is 2.32 bits per heavy atom. The fourth-order valence-electron chi connectivity index (χ4n) is 2.56. The number of aromatic nitrogens is 2. The Balaban J connectivity index is 1.66. The molecule has 2 saturated carbocycles. The molecule has 1 N–H and O–H groups in total. The molecule has 1 heterocycles. The van der Waals surface area contributed by atoms with Gasteiger partial charge in [-0.2, -0.15) is 0 Å². The summed E-state index contributed by atoms with van der Waals surface area (Å²) in [6, 6.07) is 2.00. The van der Waals surface area contributed by atoms with E-state index in [-0.39, 0.29) is 0 Å². The van der Waals surface area contributed by atoms with Crippen LogP contribution in [0, 0.1) is 18.8 Å². The quantitative estimate of drug-likeness (QED) is 0.817. The van der Waals surface area contributed by atoms with Gasteiger partial charge >= 0.3 is 0 Å². The average Bonchev–Trinajstić information content (AvgIpc) is 3.24. The molecule has 4 nitrogen and oxygen atoms in total. The summed E-state index contributed by atoms with van der Waals surface area (Å²) in [4.78, 5) is 11.7. The van der Waals surface area contributed by atoms with E-state index in [4.69, 9.17) is 0 Å². The third kappa shape index (κ3) is 3.90. The molecule has 0 radical (unpaired) electrons. The Morgan fingerprint density at radius 2 is 1.79 bits per heavy atom. The van der Waals surface area contributed by atoms with Crippen LogP contribution in [0.4, 0.5) is 5.82 Å². The first-order chi connectivity index (χ1) is 9.22. The second kappa shape index (κ2) is 5.45. The van der Waals surface area contributed by atoms with Gasteiger partial charge in [0.25, 0.3) is 0 Å². The molecule has 0 aromatic carbocycles. The average molecular weight is 260 g/mol. The molecule has 2 fully saturated rings. The van der Waals surface area contributed by atoms with Crippen molar-refractivity contribution in [1.82, 2.24) is 14.9 Å². The lowest BCUT2D eigenvalue weighted by Gasteiger charge is -2.21. The van der Waals surface area contributed by atoms with Gasteiger partial charge < -0.3 is 5.32 Å². The highest BCUT2D eigenvalue weighted by molar-refractivity contribution is 5.34. The predicted octanol–water partition coefficient (Wildman–Crippen LogP) is 2.45. The zero-order valence-corrected chi connectivity index (χ0v) is 12.0. The van der Waals surface area contributed by atoms with Gasteiger partial charge in [0.1, 0.15) is 11.6 Å². The number of aryl methyl sites for hydroxylation is 1. The summed E-state index contributed by atoms with van der Waals surface area (Å²) in [6.45, 7) is 5.42. The fourth-order valence-corrected chi connectivity index (χ4v) is 2.56. The zero-order chi connectivity index (χ0) is 13.2. The Kier molecular flexibility index (Phi) is 3.69. The SMILES string of the molecule is CNc1cc(C)nc(CN(CC2CC2)CC2CC2)n1. The van der Waals surface area contributed by atoms with Gasteiger partial charge in [-0.15, -0.1) is 0 Å². The molecule has 0 saturated heterocycles. The number of hydrogen-bond donors (Lipinski definition) is 1. The molecule has 4 heteroatoms. The van der Waals surface area contributed by atoms with Crippen LogP contribution in [-0.2, 0) is 6.54 Å². The summed E-state index contributed by atoms with van der Waals surface area (Å²) in [5.41, 5.74) is 1.05. The summed E-state index contributed by atoms with van der Waals surface area (Å²) in [5, 5.41) is 3.12. The van der Waals surface area contributed by atoms with Crippen molar-refractivity contribution in [3.05, 3.63) is 17.6 Å². The number of rotatable bonds is 7. The lowest BCUT2D eigenvalue weighted by atomic mass is 10.3. The van der Waals surface area contributed by atoms with Gasteiger partial charge in [0.15, 0.2) is 0 Å². The van der Waals surface area contributed by atoms with Crippen LogP contribution in [0.25, 0.3) is 0 Å². The third-order valence-corrected chi connectivity index (χ3v) is 3.95. The Morgan fingerprint density at radius 1 is 1.16 bits per heavy atom. The molecular formula is C15H24N4. The van der Waals surface area contributed by atoms with Crippen molar-refractivity contribution in [3.8, 4) is 0 Å². The van der Waals surface area contributed by atoms with Crippen molar-refractivity contribution in [2.24, 2.45) is 11.8 Å². The zero-order valence-electron chi connectivity index (χ0n) is 12.0. The van der Waals surface area contributed by atoms with Gasteiger partial charge in [0.2, 0.25) is 0 Å². The normalized spacial score (nSPS) is 18.9. The van der Waals surface area contributed by atoms with Crippen molar-refractivity contribution in [2.45, 2.75) is 39.2 Å². The minimum absolute atomic E-state index is 0.906. The first kappa shape index (κ1) is 12.9. The van der Waals surface area contributed by atoms with E-state index in [9.17, 15) is 0 Å². The summed E-state index contributed by atoms with van der Waals surface area (Å²) < 4.78 is 0. The summed E-state index contributed by atoms with van der Waals surface area (Å²) in [7, 11) is 1.91. The minimum atomic E-state index is 0.906. The number of nitrogens with zero attached hydrogens (tertiary/aromatic N) is 3. The maximum Gasteiger partial charge on any atom is 0.144 e. The van der Waals surface area contributed by atoms with E-state index in [1.54, 1.807) is 0 Å². The smallest absolute Gasteiger partial charge is 0.144 e. The Bertz CT molecular complexity index is 424. The first-order valence-corrected chi connectivity index (χ1v) is 7.47. The highest BCUT2D eigenvalue weighted by Crippen LogP contribution is 2.34. The van der Waals surface area contributed by atoms with Gasteiger partial charge in [0.05, 0.1) is 6.54 Å². The van der Waals surface area contributed by atoms with E-state index >= 15 is 0 Å². The number of hydrogen-bond acceptors (Lipinski definition) is 4. The maximum absolute atomic E-state index is 4.58. The number of anilines is 1. The second-order valence-electron chi connectivity index (χ2n) is 6.14. The van der Waals surface area contributed by atoms with Gasteiger partial charge in [-0.05, 0) is 44.4 Å². The van der Waals surface area contributed by atoms with Crippen LogP contribution in [-0.4, -0.2) is 35.0 Å². The first-order valence-electron chi connectivity index (χ1n) is 7.47. The monoisotopic (exact) mass is 260 g/mol. The summed E-state index contributed by atoms with van der Waals surface area (Å²) >= 11 is 0. The van der Waals surface area contributed by atoms with Crippen LogP contribution < -0.4 is 5.32 Å². The molecule has 0 spiro atoms. The summed E-state index contributed by atoms with van der Waals surface area (Å²) in [5.74, 6) is 3.77. The van der Waals surface area contributed by atoms with Gasteiger partial charge in [-0.25, -0.2) is 9.97 Å². The largest absolute Gasteiger partial charge is 0.373 e. The van der Waals surface area contributed by atoms with Crippen molar-refractivity contribution < 1.29 is 0 Å². The molecule has 0 atom stereocenters. The lowest BCUT2D eigenvalue weighted by Crippen LogP contribution is -2.29. The number of nitrogens with one attached hydrogen (secondary N) is 1. The molecule has 3 rings (SSSR count). The van der Waals surface area contributed by atoms with Crippen molar-refractivity contribution >= 4 is 5.82 Å². The van der Waals surface area contributed by atoms with Crippen LogP contribution in [0.1, 0.15) is 37.2 Å². The maximum atomic E-state index is 4.58. The van der Waals surface area contributed by atoms with Gasteiger partial charge in [-0.3, -0.25) is 4.90 Å². The van der Waals surface area contributed by atoms with Crippen molar-refractivity contribution in [2.75, 3.05) is 25.5 Å². The molecule has 0 amide bonds. The minimum Gasteiger partial charge on any atom is -0.373 e. The summed E-state index contributed by atoms with van der Waals surface area (Å²) in [6.07, 6.45) is 5.66. The Hall–Kier alpha value is -1.16. The molecule has 0 unspecified atom stereocenters. The van der Waals surface area contributed by atoms with Crippen molar-refractivity contribution in [1.29, 1.82) is 0 Å². The van der Waals surface area contributed by atoms with E-state index in [2.05, 4.69) is 20.2 Å². The van der Waals surface area contributed by atoms with Crippen LogP contribution in [0.15, 0.2) is 6.07 Å². The highest BCUT2D eigenvalue weighted by Gasteiger charge is 2.29. The molecule has 19 heavy (non-hydrogen) atoms. The predicted molar refractivity (Wildman–Crippen MR) is 77.0 cm³/mol. The second-order valence-corrected chi connectivity index (χ2v) is 6.14. The Labute approximate surface area is 115 Å². The van der Waals surface area contributed by atoms with Crippen LogP contribution in [0.3, 0.4) is 0 Å². The lowest BCUT2D eigenvalue weighted by molar-refractivity contribution is 0.238. The van der Waals surface area contributed by atoms with E-state index in [0.29, 0.717) is 0 Å². The van der Waals surface area contributed by atoms with E-state index in [0.717, 1.165) is 35.7 Å². The van der Waals surface area contributed by atoms with Crippen LogP contribution >= 0.6 is 0 Å². The van der Waals surface area contributed by atoms with Crippen molar-refractivity contribution in [3.63, 3.8) is 0 Å². The fraction of sp³-hybridized carbons (Fsp3) is 0.733. The van der Waals surface area contributed by atoms with E-state index in [1.807, 2.05) is 20.0 Å². The van der Waals surface area contributed by atoms with Gasteiger partial charge in [-0.1, -0.05) is 0 Å². The van der Waals surface area contributed by atoms with Crippen LogP contribution in [0.2, 0.25) is 0 Å². The molecule has 0 bridgehead atoms. The topological polar surface area (TPSA) is 41.1 Å². The molecular weight excluding hydrogens is 236 g/mol. The van der Waals surface area contributed by atoms with Crippen LogP contribution in [0.5, 0.6) is 0 Å². The molecule has 2 aliphatic carbocycles. The third-order valence-electron chi connectivity index (χ3n) is 3.95. The highest BCUT2D eigenvalue weighted by atomic mass is 15.2. The molecule has 1 aromatic rings. The standard InChI is InChI=1S/C15H24N4/c1-11-7-14(16-2)18-15(17-11)10-19(8-12-3-4-12)9-13-5-6-13/h7,12-13H,3-6,8-10H2,1-2H3,(H,16,17,18). The molecule has 104 valence electrons. The van der Waals surface area contributed by atoms with E-state index < -0.39 is 0 Å². The molecule has 0 aliphatic heterocycles. The van der Waals surface area contributed by atoms with Gasteiger partial charge in [0, 0.05) is 31.9 Å².